The van der Waals surface area contributed by atoms with Crippen molar-refractivity contribution in [2.45, 2.75) is 20.1 Å². The number of hydrogen-bond donors (Lipinski definition) is 1. The van der Waals surface area contributed by atoms with Crippen LogP contribution in [-0.4, -0.2) is 18.6 Å². The standard InChI is InChI=1S/C15H15NO7/c1-10-12(23-15(19)22-10)9-21-14(18)16-7-13(17)20-8-11-5-3-2-4-6-11/h2-6H,7-9H2,1H3,(H,16,18). The van der Waals surface area contributed by atoms with Crippen LogP contribution < -0.4 is 11.1 Å². The summed E-state index contributed by atoms with van der Waals surface area (Å²) in [6, 6.07) is 9.14. The second kappa shape index (κ2) is 7.83. The van der Waals surface area contributed by atoms with Gasteiger partial charge in [0.2, 0.25) is 0 Å². The molecule has 0 saturated carbocycles. The van der Waals surface area contributed by atoms with Crippen molar-refractivity contribution in [2.24, 2.45) is 0 Å². The van der Waals surface area contributed by atoms with Crippen LogP contribution in [-0.2, 0) is 27.5 Å². The van der Waals surface area contributed by atoms with Gasteiger partial charge in [0.15, 0.2) is 18.1 Å². The monoisotopic (exact) mass is 321 g/mol. The first-order valence-corrected chi connectivity index (χ1v) is 6.74. The molecule has 8 heteroatoms. The number of rotatable bonds is 6. The van der Waals surface area contributed by atoms with E-state index < -0.39 is 17.9 Å². The minimum absolute atomic E-state index is 0.108. The SMILES string of the molecule is Cc1oc(=O)oc1COC(=O)NCC(=O)OCc1ccccc1. The summed E-state index contributed by atoms with van der Waals surface area (Å²) in [6.07, 6.45) is -0.843. The highest BCUT2D eigenvalue weighted by atomic mass is 16.6. The lowest BCUT2D eigenvalue weighted by atomic mass is 10.2. The molecule has 0 aliphatic rings. The number of carbonyl (C=O) groups is 2. The van der Waals surface area contributed by atoms with E-state index in [9.17, 15) is 14.4 Å². The van der Waals surface area contributed by atoms with E-state index in [4.69, 9.17) is 9.47 Å². The summed E-state index contributed by atoms with van der Waals surface area (Å²) in [4.78, 5) is 33.7. The maximum Gasteiger partial charge on any atom is 0.519 e. The van der Waals surface area contributed by atoms with Crippen LogP contribution in [0.5, 0.6) is 0 Å². The van der Waals surface area contributed by atoms with Crippen LogP contribution in [0.15, 0.2) is 44.0 Å². The lowest BCUT2D eigenvalue weighted by molar-refractivity contribution is -0.143. The Labute approximate surface area is 131 Å². The third-order valence-electron chi connectivity index (χ3n) is 2.79. The molecule has 23 heavy (non-hydrogen) atoms. The zero-order chi connectivity index (χ0) is 16.7. The molecule has 0 fully saturated rings. The minimum atomic E-state index is -0.869. The van der Waals surface area contributed by atoms with Crippen molar-refractivity contribution in [3.63, 3.8) is 0 Å². The Morgan fingerprint density at radius 2 is 1.83 bits per heavy atom. The van der Waals surface area contributed by atoms with Crippen LogP contribution in [0.4, 0.5) is 4.79 Å². The van der Waals surface area contributed by atoms with Crippen LogP contribution in [0.25, 0.3) is 0 Å². The van der Waals surface area contributed by atoms with Crippen molar-refractivity contribution in [1.29, 1.82) is 0 Å². The Hall–Kier alpha value is -3.03. The average molecular weight is 321 g/mol. The smallest absolute Gasteiger partial charge is 0.460 e. The maximum atomic E-state index is 11.5. The molecule has 2 aromatic rings. The van der Waals surface area contributed by atoms with Gasteiger partial charge in [0.05, 0.1) is 0 Å². The molecule has 122 valence electrons. The first kappa shape index (κ1) is 16.3. The summed E-state index contributed by atoms with van der Waals surface area (Å²) in [5.41, 5.74) is 0.842. The van der Waals surface area contributed by atoms with Gasteiger partial charge in [0, 0.05) is 0 Å². The molecule has 0 saturated heterocycles. The zero-order valence-corrected chi connectivity index (χ0v) is 12.4. The van der Waals surface area contributed by atoms with E-state index in [2.05, 4.69) is 14.2 Å². The van der Waals surface area contributed by atoms with E-state index in [1.54, 1.807) is 0 Å². The number of carbonyl (C=O) groups excluding carboxylic acids is 2. The maximum absolute atomic E-state index is 11.5. The zero-order valence-electron chi connectivity index (χ0n) is 12.4. The van der Waals surface area contributed by atoms with E-state index in [0.717, 1.165) is 5.56 Å². The normalized spacial score (nSPS) is 10.1. The number of esters is 1. The fourth-order valence-electron chi connectivity index (χ4n) is 1.62. The third-order valence-corrected chi connectivity index (χ3v) is 2.79. The number of amides is 1. The molecule has 0 aliphatic carbocycles. The van der Waals surface area contributed by atoms with Crippen LogP contribution in [0, 0.1) is 6.92 Å². The Bertz CT molecular complexity index is 717. The minimum Gasteiger partial charge on any atom is -0.460 e. The number of benzene rings is 1. The molecule has 1 aromatic heterocycles. The Kier molecular flexibility index (Phi) is 5.56. The van der Waals surface area contributed by atoms with E-state index in [-0.39, 0.29) is 31.3 Å². The molecule has 0 radical (unpaired) electrons. The van der Waals surface area contributed by atoms with Gasteiger partial charge in [-0.3, -0.25) is 4.79 Å². The van der Waals surface area contributed by atoms with Crippen molar-refractivity contribution < 1.29 is 27.9 Å². The van der Waals surface area contributed by atoms with Crippen molar-refractivity contribution in [2.75, 3.05) is 6.54 Å². The van der Waals surface area contributed by atoms with Crippen LogP contribution in [0.1, 0.15) is 17.1 Å². The lowest BCUT2D eigenvalue weighted by Gasteiger charge is -2.07. The van der Waals surface area contributed by atoms with Crippen molar-refractivity contribution in [3.8, 4) is 0 Å². The van der Waals surface area contributed by atoms with E-state index in [0.29, 0.717) is 0 Å². The molecular weight excluding hydrogens is 306 g/mol. The number of alkyl carbamates (subject to hydrolysis) is 1. The van der Waals surface area contributed by atoms with Crippen molar-refractivity contribution in [3.05, 3.63) is 58.0 Å². The lowest BCUT2D eigenvalue weighted by Crippen LogP contribution is -2.31. The largest absolute Gasteiger partial charge is 0.519 e. The topological polar surface area (TPSA) is 108 Å². The number of aryl methyl sites for hydroxylation is 1. The van der Waals surface area contributed by atoms with Crippen molar-refractivity contribution in [1.82, 2.24) is 5.32 Å². The van der Waals surface area contributed by atoms with Gasteiger partial charge in [-0.15, -0.1) is 0 Å². The molecule has 0 aliphatic heterocycles. The summed E-state index contributed by atoms with van der Waals surface area (Å²) in [7, 11) is 0. The Balaban J connectivity index is 1.66. The molecule has 1 heterocycles. The second-order valence-electron chi connectivity index (χ2n) is 4.51. The van der Waals surface area contributed by atoms with Gasteiger partial charge in [-0.2, -0.15) is 0 Å². The predicted molar refractivity (Wildman–Crippen MR) is 76.4 cm³/mol. The van der Waals surface area contributed by atoms with Crippen molar-refractivity contribution >= 4 is 12.1 Å². The molecule has 0 unspecified atom stereocenters. The summed E-state index contributed by atoms with van der Waals surface area (Å²) in [5, 5.41) is 2.23. The highest BCUT2D eigenvalue weighted by Gasteiger charge is 2.12. The van der Waals surface area contributed by atoms with Crippen LogP contribution in [0.2, 0.25) is 0 Å². The van der Waals surface area contributed by atoms with E-state index >= 15 is 0 Å². The second-order valence-corrected chi connectivity index (χ2v) is 4.51. The van der Waals surface area contributed by atoms with Gasteiger partial charge in [-0.05, 0) is 12.5 Å². The summed E-state index contributed by atoms with van der Waals surface area (Å²) >= 11 is 0. The third kappa shape index (κ3) is 5.34. The highest BCUT2D eigenvalue weighted by molar-refractivity contribution is 5.77. The van der Waals surface area contributed by atoms with E-state index in [1.165, 1.54) is 6.92 Å². The summed E-state index contributed by atoms with van der Waals surface area (Å²) in [5.74, 6) is -1.13. The van der Waals surface area contributed by atoms with Gasteiger partial charge >= 0.3 is 17.9 Å². The first-order valence-electron chi connectivity index (χ1n) is 6.74. The number of nitrogens with one attached hydrogen (secondary N) is 1. The molecule has 1 N–H and O–H groups in total. The fourth-order valence-corrected chi connectivity index (χ4v) is 1.62. The van der Waals surface area contributed by atoms with Crippen LogP contribution >= 0.6 is 0 Å². The number of ether oxygens (including phenoxy) is 2. The molecule has 2 rings (SSSR count). The summed E-state index contributed by atoms with van der Waals surface area (Å²) < 4.78 is 19.0. The number of hydrogen-bond acceptors (Lipinski definition) is 7. The summed E-state index contributed by atoms with van der Waals surface area (Å²) in [6.45, 7) is 1.01. The Morgan fingerprint density at radius 3 is 2.48 bits per heavy atom. The fraction of sp³-hybridized carbons (Fsp3) is 0.267. The van der Waals surface area contributed by atoms with Gasteiger partial charge in [-0.25, -0.2) is 9.59 Å². The van der Waals surface area contributed by atoms with Gasteiger partial charge < -0.3 is 23.6 Å². The highest BCUT2D eigenvalue weighted by Crippen LogP contribution is 2.06. The van der Waals surface area contributed by atoms with Gasteiger partial charge in [-0.1, -0.05) is 30.3 Å². The molecule has 0 bridgehead atoms. The first-order chi connectivity index (χ1) is 11.0. The molecule has 1 aromatic carbocycles. The predicted octanol–water partition coefficient (Wildman–Crippen LogP) is 1.51. The van der Waals surface area contributed by atoms with Gasteiger partial charge in [0.25, 0.3) is 0 Å². The quantitative estimate of drug-likeness (QED) is 0.803. The van der Waals surface area contributed by atoms with Crippen LogP contribution in [0.3, 0.4) is 0 Å². The molecule has 8 nitrogen and oxygen atoms in total. The molecule has 1 amide bonds. The molecule has 0 atom stereocenters. The molecule has 0 spiro atoms. The molecular formula is C15H15NO7. The van der Waals surface area contributed by atoms with E-state index in [1.807, 2.05) is 30.3 Å². The Morgan fingerprint density at radius 1 is 1.09 bits per heavy atom. The van der Waals surface area contributed by atoms with Gasteiger partial charge in [0.1, 0.15) is 13.2 Å². The average Bonchev–Trinajstić information content (AvgIpc) is 2.87.